The summed E-state index contributed by atoms with van der Waals surface area (Å²) >= 11 is 0. The van der Waals surface area contributed by atoms with Gasteiger partial charge in [0.15, 0.2) is 0 Å². The molecule has 84 valence electrons. The van der Waals surface area contributed by atoms with Gasteiger partial charge in [-0.05, 0) is 13.3 Å². The quantitative estimate of drug-likeness (QED) is 0.444. The van der Waals surface area contributed by atoms with Gasteiger partial charge in [-0.2, -0.15) is 0 Å². The van der Waals surface area contributed by atoms with E-state index in [1.165, 1.54) is 0 Å². The Morgan fingerprint density at radius 2 is 1.93 bits per heavy atom. The van der Waals surface area contributed by atoms with E-state index in [2.05, 4.69) is 22.5 Å². The van der Waals surface area contributed by atoms with Gasteiger partial charge in [0.25, 0.3) is 0 Å². The number of carbonyl (C=O) groups is 2. The Morgan fingerprint density at radius 1 is 1.27 bits per heavy atom. The molecular weight excluding hydrogens is 196 g/mol. The van der Waals surface area contributed by atoms with Crippen LogP contribution in [0.3, 0.4) is 0 Å². The topological polar surface area (TPSA) is 78.4 Å². The molecule has 0 aliphatic carbocycles. The van der Waals surface area contributed by atoms with Crippen molar-refractivity contribution in [3.63, 3.8) is 0 Å². The molecule has 0 rings (SSSR count). The number of urea groups is 1. The molecule has 0 aromatic rings. The van der Waals surface area contributed by atoms with Crippen molar-refractivity contribution in [3.8, 4) is 11.8 Å². The van der Waals surface area contributed by atoms with Gasteiger partial charge < -0.3 is 15.7 Å². The van der Waals surface area contributed by atoms with Crippen LogP contribution in [0.15, 0.2) is 0 Å². The molecule has 0 saturated heterocycles. The number of hydrogen-bond donors (Lipinski definition) is 3. The number of amides is 2. The van der Waals surface area contributed by atoms with E-state index < -0.39 is 5.97 Å². The second-order valence-corrected chi connectivity index (χ2v) is 2.86. The number of hydrogen-bond acceptors (Lipinski definition) is 2. The van der Waals surface area contributed by atoms with Gasteiger partial charge in [-0.3, -0.25) is 4.79 Å². The maximum Gasteiger partial charge on any atom is 0.314 e. The number of carboxylic acids is 1. The second kappa shape index (κ2) is 8.88. The molecule has 3 N–H and O–H groups in total. The maximum absolute atomic E-state index is 11.0. The fourth-order valence-corrected chi connectivity index (χ4v) is 0.868. The molecule has 0 heterocycles. The number of rotatable bonds is 6. The molecule has 0 saturated carbocycles. The standard InChI is InChI=1S/C10H16N2O3/c1-2-3-4-7-11-10(15)12-8-5-6-9(13)14/h4-8H2,1H3,(H,13,14)(H2,11,12,15). The van der Waals surface area contributed by atoms with E-state index in [1.54, 1.807) is 6.92 Å². The van der Waals surface area contributed by atoms with Crippen LogP contribution in [0.1, 0.15) is 26.2 Å². The van der Waals surface area contributed by atoms with Gasteiger partial charge in [0.05, 0.1) is 0 Å². The summed E-state index contributed by atoms with van der Waals surface area (Å²) in [7, 11) is 0. The van der Waals surface area contributed by atoms with Crippen LogP contribution in [0, 0.1) is 11.8 Å². The molecule has 2 amide bonds. The Morgan fingerprint density at radius 3 is 2.53 bits per heavy atom. The molecule has 0 fully saturated rings. The highest BCUT2D eigenvalue weighted by Crippen LogP contribution is 1.85. The van der Waals surface area contributed by atoms with E-state index in [0.29, 0.717) is 25.9 Å². The van der Waals surface area contributed by atoms with Gasteiger partial charge in [-0.25, -0.2) is 4.79 Å². The van der Waals surface area contributed by atoms with Crippen molar-refractivity contribution in [2.75, 3.05) is 13.1 Å². The molecule has 0 bridgehead atoms. The van der Waals surface area contributed by atoms with E-state index in [-0.39, 0.29) is 12.5 Å². The maximum atomic E-state index is 11.0. The third kappa shape index (κ3) is 10.2. The summed E-state index contributed by atoms with van der Waals surface area (Å²) in [5.74, 6) is 4.68. The summed E-state index contributed by atoms with van der Waals surface area (Å²) < 4.78 is 0. The molecule has 0 aromatic heterocycles. The zero-order valence-corrected chi connectivity index (χ0v) is 8.80. The lowest BCUT2D eigenvalue weighted by Gasteiger charge is -2.04. The van der Waals surface area contributed by atoms with E-state index in [4.69, 9.17) is 5.11 Å². The van der Waals surface area contributed by atoms with Gasteiger partial charge in [0, 0.05) is 25.9 Å². The van der Waals surface area contributed by atoms with Gasteiger partial charge >= 0.3 is 12.0 Å². The molecule has 0 radical (unpaired) electrons. The lowest BCUT2D eigenvalue weighted by molar-refractivity contribution is -0.137. The fourth-order valence-electron chi connectivity index (χ4n) is 0.868. The Kier molecular flexibility index (Phi) is 7.87. The van der Waals surface area contributed by atoms with Crippen LogP contribution < -0.4 is 10.6 Å². The van der Waals surface area contributed by atoms with E-state index in [9.17, 15) is 9.59 Å². The minimum atomic E-state index is -0.851. The van der Waals surface area contributed by atoms with Crippen molar-refractivity contribution in [2.45, 2.75) is 26.2 Å². The van der Waals surface area contributed by atoms with Crippen LogP contribution >= 0.6 is 0 Å². The summed E-state index contributed by atoms with van der Waals surface area (Å²) in [4.78, 5) is 21.2. The highest BCUT2D eigenvalue weighted by molar-refractivity contribution is 5.73. The van der Waals surface area contributed by atoms with Crippen molar-refractivity contribution >= 4 is 12.0 Å². The van der Waals surface area contributed by atoms with Crippen molar-refractivity contribution in [1.29, 1.82) is 0 Å². The predicted molar refractivity (Wildman–Crippen MR) is 56.3 cm³/mol. The predicted octanol–water partition coefficient (Wildman–Crippen LogP) is 0.564. The first-order valence-corrected chi connectivity index (χ1v) is 4.80. The zero-order chi connectivity index (χ0) is 11.5. The molecule has 0 unspecified atom stereocenters. The molecule has 0 aromatic carbocycles. The van der Waals surface area contributed by atoms with Crippen LogP contribution in [0.4, 0.5) is 4.79 Å². The summed E-state index contributed by atoms with van der Waals surface area (Å²) in [5, 5.41) is 13.5. The fraction of sp³-hybridized carbons (Fsp3) is 0.600. The molecule has 15 heavy (non-hydrogen) atoms. The van der Waals surface area contributed by atoms with Crippen LogP contribution in [-0.4, -0.2) is 30.2 Å². The Bertz CT molecular complexity index is 266. The number of nitrogens with one attached hydrogen (secondary N) is 2. The average molecular weight is 212 g/mol. The number of carbonyl (C=O) groups excluding carboxylic acids is 1. The largest absolute Gasteiger partial charge is 0.481 e. The number of carboxylic acid groups (broad SMARTS) is 1. The van der Waals surface area contributed by atoms with E-state index in [1.807, 2.05) is 0 Å². The molecule has 5 heteroatoms. The SMILES string of the molecule is CC#CCCNC(=O)NCCCC(=O)O. The molecule has 0 aliphatic rings. The van der Waals surface area contributed by atoms with Crippen molar-refractivity contribution in [1.82, 2.24) is 10.6 Å². The minimum Gasteiger partial charge on any atom is -0.481 e. The van der Waals surface area contributed by atoms with Crippen molar-refractivity contribution in [2.24, 2.45) is 0 Å². The van der Waals surface area contributed by atoms with E-state index in [0.717, 1.165) is 0 Å². The van der Waals surface area contributed by atoms with Crippen LogP contribution in [0.25, 0.3) is 0 Å². The first kappa shape index (κ1) is 13.3. The normalized spacial score (nSPS) is 8.60. The Hall–Kier alpha value is -1.70. The van der Waals surface area contributed by atoms with Crippen molar-refractivity contribution in [3.05, 3.63) is 0 Å². The monoisotopic (exact) mass is 212 g/mol. The van der Waals surface area contributed by atoms with Crippen LogP contribution in [0.2, 0.25) is 0 Å². The van der Waals surface area contributed by atoms with Crippen molar-refractivity contribution < 1.29 is 14.7 Å². The van der Waals surface area contributed by atoms with Crippen LogP contribution in [0.5, 0.6) is 0 Å². The Labute approximate surface area is 89.2 Å². The highest BCUT2D eigenvalue weighted by atomic mass is 16.4. The van der Waals surface area contributed by atoms with Crippen LogP contribution in [-0.2, 0) is 4.79 Å². The van der Waals surface area contributed by atoms with Gasteiger partial charge in [0.2, 0.25) is 0 Å². The molecular formula is C10H16N2O3. The smallest absolute Gasteiger partial charge is 0.314 e. The average Bonchev–Trinajstić information content (AvgIpc) is 2.19. The summed E-state index contributed by atoms with van der Waals surface area (Å²) in [6, 6.07) is -0.279. The van der Waals surface area contributed by atoms with Gasteiger partial charge in [-0.15, -0.1) is 11.8 Å². The first-order valence-electron chi connectivity index (χ1n) is 4.80. The summed E-state index contributed by atoms with van der Waals surface area (Å²) in [6.45, 7) is 2.62. The highest BCUT2D eigenvalue weighted by Gasteiger charge is 1.99. The molecule has 0 atom stereocenters. The molecule has 0 aliphatic heterocycles. The summed E-state index contributed by atoms with van der Waals surface area (Å²) in [6.07, 6.45) is 1.14. The second-order valence-electron chi connectivity index (χ2n) is 2.86. The zero-order valence-electron chi connectivity index (χ0n) is 8.80. The first-order chi connectivity index (χ1) is 7.16. The Balaban J connectivity index is 3.32. The van der Waals surface area contributed by atoms with Gasteiger partial charge in [0.1, 0.15) is 0 Å². The lowest BCUT2D eigenvalue weighted by atomic mass is 10.3. The lowest BCUT2D eigenvalue weighted by Crippen LogP contribution is -2.36. The van der Waals surface area contributed by atoms with E-state index >= 15 is 0 Å². The third-order valence-corrected chi connectivity index (χ3v) is 1.57. The molecule has 0 spiro atoms. The summed E-state index contributed by atoms with van der Waals surface area (Å²) in [5.41, 5.74) is 0. The van der Waals surface area contributed by atoms with Gasteiger partial charge in [-0.1, -0.05) is 0 Å². The minimum absolute atomic E-state index is 0.0710. The third-order valence-electron chi connectivity index (χ3n) is 1.57. The molecule has 5 nitrogen and oxygen atoms in total. The number of aliphatic carboxylic acids is 1.